The highest BCUT2D eigenvalue weighted by Gasteiger charge is 2.56. The van der Waals surface area contributed by atoms with Crippen LogP contribution in [0.5, 0.6) is 0 Å². The molecule has 5 heteroatoms. The average Bonchev–Trinajstić information content (AvgIpc) is 2.65. The number of aliphatic hydroxyl groups excluding tert-OH is 1. The number of hydrogen-bond acceptors (Lipinski definition) is 4. The van der Waals surface area contributed by atoms with Crippen LogP contribution in [0.1, 0.15) is 25.3 Å². The van der Waals surface area contributed by atoms with E-state index in [4.69, 9.17) is 4.74 Å². The number of aliphatic hydroxyl groups is 1. The van der Waals surface area contributed by atoms with E-state index in [1.165, 1.54) is 0 Å². The number of fused-ring (bicyclic) bond motifs is 1. The summed E-state index contributed by atoms with van der Waals surface area (Å²) >= 11 is 0. The highest BCUT2D eigenvalue weighted by Crippen LogP contribution is 2.52. The van der Waals surface area contributed by atoms with Crippen molar-refractivity contribution in [1.29, 1.82) is 0 Å². The summed E-state index contributed by atoms with van der Waals surface area (Å²) in [6.45, 7) is 3.59. The molecule has 3 rings (SSSR count). The number of aldehydes is 1. The third-order valence-corrected chi connectivity index (χ3v) is 5.84. The molecular formula is C20H25NO4. The SMILES string of the molecule is COCCN1CC[C@H]2[C@H](C)C(O)=C(C=O)C[C@]2(c2ccccc2)C1=O. The van der Waals surface area contributed by atoms with E-state index >= 15 is 0 Å². The van der Waals surface area contributed by atoms with Crippen LogP contribution in [0.25, 0.3) is 0 Å². The minimum Gasteiger partial charge on any atom is -0.512 e. The van der Waals surface area contributed by atoms with Gasteiger partial charge in [-0.05, 0) is 24.3 Å². The van der Waals surface area contributed by atoms with Gasteiger partial charge in [0, 0.05) is 31.7 Å². The monoisotopic (exact) mass is 343 g/mol. The standard InChI is InChI=1S/C20H25NO4/c1-14-17-8-9-21(10-11-25-2)19(24)20(17,12-15(13-22)18(14)23)16-6-4-3-5-7-16/h3-7,13-14,17,23H,8-12H2,1-2H3/t14-,17-,20+/m0/s1. The van der Waals surface area contributed by atoms with Gasteiger partial charge < -0.3 is 14.7 Å². The average molecular weight is 343 g/mol. The molecule has 5 nitrogen and oxygen atoms in total. The van der Waals surface area contributed by atoms with Gasteiger partial charge >= 0.3 is 0 Å². The lowest BCUT2D eigenvalue weighted by Gasteiger charge is -2.52. The van der Waals surface area contributed by atoms with Crippen molar-refractivity contribution in [1.82, 2.24) is 4.90 Å². The number of amides is 1. The van der Waals surface area contributed by atoms with Gasteiger partial charge in [-0.25, -0.2) is 0 Å². The lowest BCUT2D eigenvalue weighted by Crippen LogP contribution is -2.60. The summed E-state index contributed by atoms with van der Waals surface area (Å²) < 4.78 is 5.15. The molecule has 134 valence electrons. The molecule has 1 aromatic carbocycles. The fraction of sp³-hybridized carbons (Fsp3) is 0.500. The van der Waals surface area contributed by atoms with E-state index in [9.17, 15) is 14.7 Å². The van der Waals surface area contributed by atoms with E-state index in [0.29, 0.717) is 31.6 Å². The molecule has 1 heterocycles. The second kappa shape index (κ2) is 7.00. The smallest absolute Gasteiger partial charge is 0.233 e. The van der Waals surface area contributed by atoms with E-state index in [-0.39, 0.29) is 29.9 Å². The summed E-state index contributed by atoms with van der Waals surface area (Å²) in [4.78, 5) is 27.0. The number of carbonyl (C=O) groups excluding carboxylic acids is 2. The summed E-state index contributed by atoms with van der Waals surface area (Å²) in [5, 5.41) is 10.4. The van der Waals surface area contributed by atoms with Crippen molar-refractivity contribution in [2.75, 3.05) is 26.8 Å². The molecule has 0 aromatic heterocycles. The molecule has 25 heavy (non-hydrogen) atoms. The number of rotatable bonds is 5. The first-order valence-corrected chi connectivity index (χ1v) is 8.77. The summed E-state index contributed by atoms with van der Waals surface area (Å²) in [5.74, 6) is -0.0667. The van der Waals surface area contributed by atoms with Crippen LogP contribution < -0.4 is 0 Å². The molecular weight excluding hydrogens is 318 g/mol. The van der Waals surface area contributed by atoms with Gasteiger partial charge in [0.05, 0.1) is 12.0 Å². The summed E-state index contributed by atoms with van der Waals surface area (Å²) in [7, 11) is 1.62. The lowest BCUT2D eigenvalue weighted by atomic mass is 9.56. The van der Waals surface area contributed by atoms with Crippen molar-refractivity contribution in [3.8, 4) is 0 Å². The minimum atomic E-state index is -0.796. The van der Waals surface area contributed by atoms with Crippen LogP contribution in [0.2, 0.25) is 0 Å². The predicted octanol–water partition coefficient (Wildman–Crippen LogP) is 2.47. The molecule has 0 bridgehead atoms. The first-order valence-electron chi connectivity index (χ1n) is 8.77. The van der Waals surface area contributed by atoms with Crippen molar-refractivity contribution in [3.05, 3.63) is 47.2 Å². The molecule has 0 spiro atoms. The Kier molecular flexibility index (Phi) is 4.95. The highest BCUT2D eigenvalue weighted by atomic mass is 16.5. The number of benzene rings is 1. The Hall–Kier alpha value is -2.14. The third-order valence-electron chi connectivity index (χ3n) is 5.84. The maximum atomic E-state index is 13.6. The Bertz CT molecular complexity index is 684. The van der Waals surface area contributed by atoms with Crippen LogP contribution in [0.15, 0.2) is 41.7 Å². The Balaban J connectivity index is 2.12. The highest BCUT2D eigenvalue weighted by molar-refractivity contribution is 5.92. The maximum Gasteiger partial charge on any atom is 0.233 e. The van der Waals surface area contributed by atoms with Gasteiger partial charge in [-0.1, -0.05) is 37.3 Å². The number of hydrogen-bond donors (Lipinski definition) is 1. The van der Waals surface area contributed by atoms with Crippen LogP contribution in [0.4, 0.5) is 0 Å². The van der Waals surface area contributed by atoms with E-state index in [1.807, 2.05) is 42.2 Å². The van der Waals surface area contributed by atoms with Gasteiger partial charge in [-0.15, -0.1) is 0 Å². The molecule has 0 radical (unpaired) electrons. The Morgan fingerprint density at radius 3 is 2.72 bits per heavy atom. The molecule has 3 atom stereocenters. The van der Waals surface area contributed by atoms with Crippen molar-refractivity contribution in [2.24, 2.45) is 11.8 Å². The molecule has 1 N–H and O–H groups in total. The quantitative estimate of drug-likeness (QED) is 0.834. The van der Waals surface area contributed by atoms with Crippen LogP contribution in [-0.4, -0.2) is 49.0 Å². The zero-order valence-electron chi connectivity index (χ0n) is 14.8. The van der Waals surface area contributed by atoms with Gasteiger partial charge in [0.1, 0.15) is 12.0 Å². The van der Waals surface area contributed by atoms with Crippen molar-refractivity contribution in [3.63, 3.8) is 0 Å². The molecule has 1 aliphatic carbocycles. The molecule has 0 saturated carbocycles. The van der Waals surface area contributed by atoms with Crippen LogP contribution in [0, 0.1) is 11.8 Å². The number of carbonyl (C=O) groups is 2. The maximum absolute atomic E-state index is 13.6. The topological polar surface area (TPSA) is 66.8 Å². The van der Waals surface area contributed by atoms with Gasteiger partial charge in [-0.3, -0.25) is 9.59 Å². The van der Waals surface area contributed by atoms with E-state index < -0.39 is 5.41 Å². The predicted molar refractivity (Wildman–Crippen MR) is 94.2 cm³/mol. The minimum absolute atomic E-state index is 0.0232. The fourth-order valence-corrected chi connectivity index (χ4v) is 4.53. The molecule has 1 amide bonds. The number of likely N-dealkylation sites (tertiary alicyclic amines) is 1. The number of nitrogens with zero attached hydrogens (tertiary/aromatic N) is 1. The third kappa shape index (κ3) is 2.76. The second-order valence-electron chi connectivity index (χ2n) is 7.01. The van der Waals surface area contributed by atoms with Crippen molar-refractivity contribution in [2.45, 2.75) is 25.2 Å². The molecule has 1 saturated heterocycles. The first-order chi connectivity index (χ1) is 12.1. The van der Waals surface area contributed by atoms with Crippen molar-refractivity contribution < 1.29 is 19.4 Å². The summed E-state index contributed by atoms with van der Waals surface area (Å²) in [5.41, 5.74) is 0.468. The Morgan fingerprint density at radius 2 is 2.08 bits per heavy atom. The second-order valence-corrected chi connectivity index (χ2v) is 7.01. The summed E-state index contributed by atoms with van der Waals surface area (Å²) in [6.07, 6.45) is 1.75. The Labute approximate surface area is 148 Å². The normalized spacial score (nSPS) is 29.5. The number of methoxy groups -OCH3 is 1. The zero-order chi connectivity index (χ0) is 18.0. The lowest BCUT2D eigenvalue weighted by molar-refractivity contribution is -0.147. The fourth-order valence-electron chi connectivity index (χ4n) is 4.53. The number of ether oxygens (including phenoxy) is 1. The van der Waals surface area contributed by atoms with E-state index in [2.05, 4.69) is 0 Å². The number of piperidine rings is 1. The van der Waals surface area contributed by atoms with Gasteiger partial charge in [-0.2, -0.15) is 0 Å². The van der Waals surface area contributed by atoms with E-state index in [1.54, 1.807) is 7.11 Å². The zero-order valence-corrected chi connectivity index (χ0v) is 14.8. The molecule has 1 aliphatic heterocycles. The molecule has 2 aliphatic rings. The summed E-state index contributed by atoms with van der Waals surface area (Å²) in [6, 6.07) is 9.69. The van der Waals surface area contributed by atoms with Crippen LogP contribution in [-0.2, 0) is 19.7 Å². The van der Waals surface area contributed by atoms with Crippen molar-refractivity contribution >= 4 is 12.2 Å². The largest absolute Gasteiger partial charge is 0.512 e. The van der Waals surface area contributed by atoms with Crippen LogP contribution >= 0.6 is 0 Å². The van der Waals surface area contributed by atoms with E-state index in [0.717, 1.165) is 12.0 Å². The van der Waals surface area contributed by atoms with Gasteiger partial charge in [0.15, 0.2) is 0 Å². The van der Waals surface area contributed by atoms with Gasteiger partial charge in [0.2, 0.25) is 5.91 Å². The first kappa shape index (κ1) is 17.7. The van der Waals surface area contributed by atoms with Crippen LogP contribution in [0.3, 0.4) is 0 Å². The number of allylic oxidation sites excluding steroid dienone is 2. The molecule has 1 aromatic rings. The molecule has 0 unspecified atom stereocenters. The van der Waals surface area contributed by atoms with Gasteiger partial charge in [0.25, 0.3) is 0 Å². The Morgan fingerprint density at radius 1 is 1.36 bits per heavy atom. The molecule has 1 fully saturated rings.